The van der Waals surface area contributed by atoms with E-state index in [9.17, 15) is 45.0 Å². The SMILES string of the molecule is CC(C)(C)OC(=O)CC1=N[C@](C)(c2nc(N)ccc2F)[C@H]2CCN=[S@@]2(=O)C1(C)C.Cc1cc(F)cnc1C(=O)Cc1ccc(F)c([C@@]2(C)N=C(CC(=O)OC(C)(C)C)C(C)(C)[S@]3(=O)=NCC[C@H]23)n1.Cc1cc(F)cnc1C(=O)Cc1ccc(F)c([C@@]2(C)N=C(N)C(C)(C)[S@]3(=O)=NCC[C@H]23)n1. The van der Waals surface area contributed by atoms with Crippen molar-refractivity contribution < 1.29 is 63.2 Å². The largest absolute Gasteiger partial charge is 0.460 e. The number of amidine groups is 1. The molecule has 6 aliphatic rings. The summed E-state index contributed by atoms with van der Waals surface area (Å²) < 4.78 is 136. The maximum atomic E-state index is 15.5. The number of ketones is 2. The van der Waals surface area contributed by atoms with Crippen LogP contribution in [0.15, 0.2) is 89.0 Å². The number of ether oxygens (including phenoxy) is 2. The van der Waals surface area contributed by atoms with Crippen LogP contribution in [0.4, 0.5) is 27.8 Å². The molecule has 30 heteroatoms. The Kier molecular flexibility index (Phi) is 20.5. The van der Waals surface area contributed by atoms with Crippen molar-refractivity contribution in [3.8, 4) is 0 Å². The third kappa shape index (κ3) is 14.0. The number of hydrogen-bond donors (Lipinski definition) is 2. The van der Waals surface area contributed by atoms with E-state index < -0.39 is 134 Å². The molecule has 4 N–H and O–H groups in total. The number of nitrogens with zero attached hydrogens (tertiary/aromatic N) is 11. The van der Waals surface area contributed by atoms with Crippen molar-refractivity contribution in [3.63, 3.8) is 0 Å². The molecule has 0 spiro atoms. The Labute approximate surface area is 581 Å². The predicted molar refractivity (Wildman–Crippen MR) is 374 cm³/mol. The Morgan fingerprint density at radius 3 is 1.17 bits per heavy atom. The first-order valence-corrected chi connectivity index (χ1v) is 37.5. The normalized spacial score (nSPS) is 28.2. The van der Waals surface area contributed by atoms with Gasteiger partial charge in [-0.1, -0.05) is 0 Å². The highest BCUT2D eigenvalue weighted by atomic mass is 32.2. The lowest BCUT2D eigenvalue weighted by Crippen LogP contribution is -2.58. The van der Waals surface area contributed by atoms with Crippen molar-refractivity contribution >= 4 is 75.8 Å². The molecule has 11 rings (SSSR count). The van der Waals surface area contributed by atoms with Crippen LogP contribution in [-0.2, 0) is 77.7 Å². The van der Waals surface area contributed by atoms with Crippen molar-refractivity contribution in [3.05, 3.63) is 141 Å². The Morgan fingerprint density at radius 2 is 0.820 bits per heavy atom. The smallest absolute Gasteiger partial charge is 0.312 e. The molecule has 0 bridgehead atoms. The van der Waals surface area contributed by atoms with Crippen LogP contribution in [0.1, 0.15) is 197 Å². The minimum atomic E-state index is -3.01. The minimum Gasteiger partial charge on any atom is -0.460 e. The van der Waals surface area contributed by atoms with Gasteiger partial charge in [0.05, 0.1) is 92.5 Å². The zero-order valence-electron chi connectivity index (χ0n) is 59.4. The van der Waals surface area contributed by atoms with Crippen LogP contribution in [0.25, 0.3) is 0 Å². The first-order chi connectivity index (χ1) is 46.1. The first kappa shape index (κ1) is 76.3. The number of nitrogen functional groups attached to an aromatic ring is 1. The van der Waals surface area contributed by atoms with Crippen LogP contribution in [0.3, 0.4) is 0 Å². The molecule has 0 saturated carbocycles. The third-order valence-corrected chi connectivity index (χ3v) is 30.4. The molecule has 540 valence electrons. The maximum Gasteiger partial charge on any atom is 0.312 e. The number of halogens is 5. The highest BCUT2D eigenvalue weighted by Crippen LogP contribution is 2.52. The Hall–Kier alpha value is -7.86. The molecule has 0 unspecified atom stereocenters. The number of aliphatic imine (C=N–C) groups is 3. The van der Waals surface area contributed by atoms with Gasteiger partial charge in [0.15, 0.2) is 11.6 Å². The van der Waals surface area contributed by atoms with Crippen LogP contribution in [-0.4, -0.2) is 139 Å². The topological polar surface area (TPSA) is 329 Å². The molecule has 9 atom stereocenters. The monoisotopic (exact) mass is 1450 g/mol. The molecule has 0 saturated heterocycles. The zero-order valence-corrected chi connectivity index (χ0v) is 61.9. The van der Waals surface area contributed by atoms with Gasteiger partial charge in [-0.05, 0) is 197 Å². The highest BCUT2D eigenvalue weighted by Gasteiger charge is 2.61. The van der Waals surface area contributed by atoms with E-state index in [4.69, 9.17) is 30.9 Å². The van der Waals surface area contributed by atoms with Gasteiger partial charge in [0.1, 0.15) is 102 Å². The minimum absolute atomic E-state index is 0.0140. The van der Waals surface area contributed by atoms with E-state index in [2.05, 4.69) is 43.0 Å². The number of fused-ring (bicyclic) bond motifs is 3. The number of nitrogens with two attached hydrogens (primary N) is 2. The summed E-state index contributed by atoms with van der Waals surface area (Å²) in [6.07, 6.45) is 2.59. The lowest BCUT2D eigenvalue weighted by molar-refractivity contribution is -0.154. The average Bonchev–Trinajstić information content (AvgIpc) is 1.38. The number of rotatable bonds is 13. The summed E-state index contributed by atoms with van der Waals surface area (Å²) in [6.45, 7) is 30.4. The van der Waals surface area contributed by atoms with Crippen molar-refractivity contribution in [2.75, 3.05) is 25.4 Å². The summed E-state index contributed by atoms with van der Waals surface area (Å²) in [5.74, 6) is -4.44. The molecule has 0 radical (unpaired) electrons. The lowest BCUT2D eigenvalue weighted by Gasteiger charge is -2.45. The fourth-order valence-corrected chi connectivity index (χ4v) is 23.6. The molecule has 100 heavy (non-hydrogen) atoms. The number of anilines is 1. The first-order valence-electron chi connectivity index (χ1n) is 32.8. The van der Waals surface area contributed by atoms with Gasteiger partial charge in [0, 0.05) is 42.4 Å². The van der Waals surface area contributed by atoms with E-state index in [1.54, 1.807) is 118 Å². The van der Waals surface area contributed by atoms with Gasteiger partial charge in [-0.15, -0.1) is 0 Å². The molecule has 5 aromatic heterocycles. The van der Waals surface area contributed by atoms with E-state index in [1.165, 1.54) is 48.5 Å². The summed E-state index contributed by atoms with van der Waals surface area (Å²) in [5, 5.41) is -1.75. The summed E-state index contributed by atoms with van der Waals surface area (Å²) in [6, 6.07) is 10.3. The number of Topliss-reactive ketones (excluding diaryl/α,β-unsaturated/α-hetero) is 2. The van der Waals surface area contributed by atoms with E-state index in [0.717, 1.165) is 12.4 Å². The fraction of sp³-hybridized carbons (Fsp3) is 0.543. The van der Waals surface area contributed by atoms with Gasteiger partial charge in [0.2, 0.25) is 0 Å². The van der Waals surface area contributed by atoms with Gasteiger partial charge >= 0.3 is 11.9 Å². The van der Waals surface area contributed by atoms with E-state index in [1.807, 2.05) is 0 Å². The number of carbonyl (C=O) groups is 4. The Morgan fingerprint density at radius 1 is 0.490 bits per heavy atom. The number of aryl methyl sites for hydroxylation is 2. The van der Waals surface area contributed by atoms with Crippen LogP contribution in [0, 0.1) is 42.9 Å². The maximum absolute atomic E-state index is 15.5. The van der Waals surface area contributed by atoms with Crippen molar-refractivity contribution in [2.24, 2.45) is 33.8 Å². The van der Waals surface area contributed by atoms with Gasteiger partial charge in [-0.25, -0.2) is 62.6 Å². The molecule has 11 heterocycles. The standard InChI is InChI=1S/C28H34F2N4O4S.C22H25F2N5O2S.C20H29FN4O3S/c1-16-12-17(29)15-31-24(16)20(35)13-18-8-9-19(30)25(33-18)28(7)22-10-11-32-39(22,37)27(5,6)21(34-28)14-23(36)38-26(2,3)4;1-12-9-13(23)11-26-18(12)16(30)10-14-5-6-15(24)19(28-14)22(4)17-7-8-27-32(17,31)21(2,3)20(25)29-22;1-18(2,3)28-16(26)11-13-19(4,5)29(27)14(9-10-23-29)20(6,25-13)17-12(21)7-8-15(22)24-17/h8-9,12,15,22H,10-11,13-14H2,1-7H3;5-6,9,11,17H,7-8,10H2,1-4H3,(H2,25,29);7-8,14H,9-11H2,1-6H3,(H2,22,24)/t22-,28+,39+;17-,22+,32+;14-,20+,29+/m111/s1. The predicted octanol–water partition coefficient (Wildman–Crippen LogP) is 11.2. The molecular weight excluding hydrogens is 1360 g/mol. The second-order valence-electron chi connectivity index (χ2n) is 29.9. The van der Waals surface area contributed by atoms with Crippen LogP contribution in [0.5, 0.6) is 0 Å². The zero-order chi connectivity index (χ0) is 74.3. The van der Waals surface area contributed by atoms with Crippen molar-refractivity contribution in [1.82, 2.24) is 24.9 Å². The molecule has 0 aromatic carbocycles. The third-order valence-electron chi connectivity index (χ3n) is 19.2. The number of carbonyl (C=O) groups excluding carboxylic acids is 4. The molecule has 5 aromatic rings. The molecule has 22 nitrogen and oxygen atoms in total. The van der Waals surface area contributed by atoms with Gasteiger partial charge < -0.3 is 20.9 Å². The van der Waals surface area contributed by atoms with E-state index >= 15 is 8.78 Å². The highest BCUT2D eigenvalue weighted by molar-refractivity contribution is 7.97. The van der Waals surface area contributed by atoms with Crippen molar-refractivity contribution in [2.45, 2.75) is 220 Å². The van der Waals surface area contributed by atoms with Gasteiger partial charge in [-0.3, -0.25) is 44.1 Å². The summed E-state index contributed by atoms with van der Waals surface area (Å²) >= 11 is 0. The fourth-order valence-electron chi connectivity index (χ4n) is 13.9. The number of aromatic nitrogens is 5. The quantitative estimate of drug-likeness (QED) is 0.0628. The van der Waals surface area contributed by atoms with E-state index in [0.29, 0.717) is 67.1 Å². The average molecular weight is 1450 g/mol. The summed E-state index contributed by atoms with van der Waals surface area (Å²) in [5.41, 5.74) is 8.91. The van der Waals surface area contributed by atoms with Crippen LogP contribution < -0.4 is 11.5 Å². The Bertz CT molecular complexity index is 4710. The molecular formula is C70H88F5N13O9S3. The number of esters is 2. The summed E-state index contributed by atoms with van der Waals surface area (Å²) in [4.78, 5) is 86.3. The lowest BCUT2D eigenvalue weighted by atomic mass is 9.88. The Balaban J connectivity index is 0.000000177. The van der Waals surface area contributed by atoms with Crippen molar-refractivity contribution in [1.29, 1.82) is 0 Å². The molecule has 6 aliphatic heterocycles. The van der Waals surface area contributed by atoms with Gasteiger partial charge in [-0.2, -0.15) is 0 Å². The summed E-state index contributed by atoms with van der Waals surface area (Å²) in [7, 11) is -8.70. The number of hydrogen-bond acceptors (Lipinski definition) is 22. The van der Waals surface area contributed by atoms with Crippen LogP contribution >= 0.6 is 0 Å². The second-order valence-corrected chi connectivity index (χ2v) is 38.8. The van der Waals surface area contributed by atoms with Gasteiger partial charge in [0.25, 0.3) is 0 Å². The molecule has 0 amide bonds. The molecule has 0 aliphatic carbocycles. The number of pyridine rings is 5. The molecule has 0 fully saturated rings. The second kappa shape index (κ2) is 26.8. The van der Waals surface area contributed by atoms with E-state index in [-0.39, 0.29) is 77.3 Å². The van der Waals surface area contributed by atoms with Crippen LogP contribution in [0.2, 0.25) is 0 Å².